The molecule has 0 aliphatic carbocycles. The van der Waals surface area contributed by atoms with Crippen molar-refractivity contribution in [2.24, 2.45) is 0 Å². The Labute approximate surface area is 155 Å². The van der Waals surface area contributed by atoms with Gasteiger partial charge in [-0.3, -0.25) is 0 Å². The monoisotopic (exact) mass is 449 g/mol. The van der Waals surface area contributed by atoms with E-state index in [-0.39, 0.29) is 5.56 Å². The molecule has 0 atom stereocenters. The minimum absolute atomic E-state index is 0.265. The van der Waals surface area contributed by atoms with E-state index in [0.717, 1.165) is 31.7 Å². The van der Waals surface area contributed by atoms with E-state index in [1.54, 1.807) is 24.3 Å². The van der Waals surface area contributed by atoms with E-state index < -0.39 is 5.97 Å². The lowest BCUT2D eigenvalue weighted by molar-refractivity contribution is 0.0697. The maximum Gasteiger partial charge on any atom is 0.335 e. The summed E-state index contributed by atoms with van der Waals surface area (Å²) in [6.45, 7) is 0.514. The van der Waals surface area contributed by atoms with E-state index in [4.69, 9.17) is 9.52 Å². The number of aromatic carboxylic acids is 1. The standard InChI is InChI=1S/C18H13Br2NO3/c19-12-3-7-15(16(20)9-12)17-8-6-14(24-17)10-21-13-4-1-11(2-5-13)18(22)23/h1-9,21H,10H2,(H,22,23). The third-order valence-corrected chi connectivity index (χ3v) is 4.61. The molecule has 3 aromatic rings. The molecule has 0 spiro atoms. The number of carboxylic acid groups (broad SMARTS) is 1. The Morgan fingerprint density at radius 2 is 1.79 bits per heavy atom. The van der Waals surface area contributed by atoms with Gasteiger partial charge in [-0.1, -0.05) is 15.9 Å². The highest BCUT2D eigenvalue weighted by atomic mass is 79.9. The summed E-state index contributed by atoms with van der Waals surface area (Å²) >= 11 is 6.96. The number of furan rings is 1. The van der Waals surface area contributed by atoms with E-state index in [0.29, 0.717) is 6.54 Å². The zero-order chi connectivity index (χ0) is 17.1. The molecule has 3 rings (SSSR count). The van der Waals surface area contributed by atoms with Gasteiger partial charge in [0.1, 0.15) is 11.5 Å². The van der Waals surface area contributed by atoms with Gasteiger partial charge in [0.25, 0.3) is 0 Å². The molecule has 0 aliphatic heterocycles. The maximum atomic E-state index is 10.8. The average molecular weight is 451 g/mol. The molecule has 0 amide bonds. The molecular formula is C18H13Br2NO3. The van der Waals surface area contributed by atoms with Crippen molar-refractivity contribution >= 4 is 43.5 Å². The normalized spacial score (nSPS) is 10.6. The Morgan fingerprint density at radius 3 is 2.46 bits per heavy atom. The highest BCUT2D eigenvalue weighted by Gasteiger charge is 2.09. The first-order chi connectivity index (χ1) is 11.5. The van der Waals surface area contributed by atoms with Crippen molar-refractivity contribution < 1.29 is 14.3 Å². The topological polar surface area (TPSA) is 62.5 Å². The van der Waals surface area contributed by atoms with Crippen LogP contribution in [-0.4, -0.2) is 11.1 Å². The van der Waals surface area contributed by atoms with Gasteiger partial charge in [0.15, 0.2) is 0 Å². The summed E-state index contributed by atoms with van der Waals surface area (Å²) in [6, 6.07) is 16.4. The van der Waals surface area contributed by atoms with Crippen LogP contribution in [0.4, 0.5) is 5.69 Å². The summed E-state index contributed by atoms with van der Waals surface area (Å²) in [7, 11) is 0. The second kappa shape index (κ2) is 7.23. The first-order valence-electron chi connectivity index (χ1n) is 7.14. The van der Waals surface area contributed by atoms with Gasteiger partial charge in [0.2, 0.25) is 0 Å². The van der Waals surface area contributed by atoms with Crippen LogP contribution in [0.25, 0.3) is 11.3 Å². The number of anilines is 1. The fourth-order valence-corrected chi connectivity index (χ4v) is 3.47. The van der Waals surface area contributed by atoms with Crippen molar-refractivity contribution in [2.45, 2.75) is 6.54 Å². The molecule has 0 saturated heterocycles. The SMILES string of the molecule is O=C(O)c1ccc(NCc2ccc(-c3ccc(Br)cc3Br)o2)cc1. The molecule has 2 aromatic carbocycles. The Bertz CT molecular complexity index is 872. The van der Waals surface area contributed by atoms with Gasteiger partial charge in [0.05, 0.1) is 12.1 Å². The zero-order valence-electron chi connectivity index (χ0n) is 12.4. The van der Waals surface area contributed by atoms with Gasteiger partial charge in [-0.15, -0.1) is 0 Å². The van der Waals surface area contributed by atoms with Gasteiger partial charge >= 0.3 is 5.97 Å². The van der Waals surface area contributed by atoms with Crippen LogP contribution in [0.2, 0.25) is 0 Å². The number of carboxylic acids is 1. The van der Waals surface area contributed by atoms with Crippen LogP contribution >= 0.6 is 31.9 Å². The van der Waals surface area contributed by atoms with Crippen LogP contribution < -0.4 is 5.32 Å². The lowest BCUT2D eigenvalue weighted by Crippen LogP contribution is -2.00. The van der Waals surface area contributed by atoms with E-state index in [2.05, 4.69) is 37.2 Å². The highest BCUT2D eigenvalue weighted by Crippen LogP contribution is 2.32. The molecule has 24 heavy (non-hydrogen) atoms. The summed E-state index contributed by atoms with van der Waals surface area (Å²) < 4.78 is 7.82. The number of benzene rings is 2. The van der Waals surface area contributed by atoms with Gasteiger partial charge in [-0.2, -0.15) is 0 Å². The Morgan fingerprint density at radius 1 is 1.04 bits per heavy atom. The molecule has 6 heteroatoms. The van der Waals surface area contributed by atoms with E-state index in [1.165, 1.54) is 0 Å². The fraction of sp³-hybridized carbons (Fsp3) is 0.0556. The Kier molecular flexibility index (Phi) is 5.06. The van der Waals surface area contributed by atoms with Gasteiger partial charge < -0.3 is 14.8 Å². The van der Waals surface area contributed by atoms with Gasteiger partial charge in [-0.05, 0) is 70.5 Å². The van der Waals surface area contributed by atoms with Crippen molar-refractivity contribution in [1.29, 1.82) is 0 Å². The predicted molar refractivity (Wildman–Crippen MR) is 100 cm³/mol. The first-order valence-corrected chi connectivity index (χ1v) is 8.73. The molecular weight excluding hydrogens is 438 g/mol. The van der Waals surface area contributed by atoms with Crippen molar-refractivity contribution in [3.05, 3.63) is 74.9 Å². The van der Waals surface area contributed by atoms with Crippen LogP contribution in [-0.2, 0) is 6.54 Å². The molecule has 0 saturated carbocycles. The van der Waals surface area contributed by atoms with Crippen molar-refractivity contribution in [2.75, 3.05) is 5.32 Å². The molecule has 1 heterocycles. The molecule has 0 bridgehead atoms. The smallest absolute Gasteiger partial charge is 0.335 e. The molecule has 1 aromatic heterocycles. The van der Waals surface area contributed by atoms with E-state index in [9.17, 15) is 4.79 Å². The molecule has 122 valence electrons. The number of hydrogen-bond donors (Lipinski definition) is 2. The van der Waals surface area contributed by atoms with Crippen LogP contribution in [0.5, 0.6) is 0 Å². The molecule has 0 unspecified atom stereocenters. The van der Waals surface area contributed by atoms with Crippen LogP contribution in [0.3, 0.4) is 0 Å². The minimum atomic E-state index is -0.933. The summed E-state index contributed by atoms with van der Waals surface area (Å²) in [4.78, 5) is 10.8. The molecule has 2 N–H and O–H groups in total. The van der Waals surface area contributed by atoms with Crippen molar-refractivity contribution in [3.63, 3.8) is 0 Å². The fourth-order valence-electron chi connectivity index (χ4n) is 2.23. The van der Waals surface area contributed by atoms with Crippen LogP contribution in [0.1, 0.15) is 16.1 Å². The van der Waals surface area contributed by atoms with Crippen LogP contribution in [0.15, 0.2) is 68.0 Å². The maximum absolute atomic E-state index is 10.8. The molecule has 0 radical (unpaired) electrons. The average Bonchev–Trinajstić information content (AvgIpc) is 3.02. The van der Waals surface area contributed by atoms with E-state index >= 15 is 0 Å². The Balaban J connectivity index is 1.69. The third kappa shape index (κ3) is 3.88. The van der Waals surface area contributed by atoms with Crippen molar-refractivity contribution in [3.8, 4) is 11.3 Å². The third-order valence-electron chi connectivity index (χ3n) is 3.46. The molecule has 0 fully saturated rings. The highest BCUT2D eigenvalue weighted by molar-refractivity contribution is 9.11. The van der Waals surface area contributed by atoms with Crippen molar-refractivity contribution in [1.82, 2.24) is 0 Å². The number of hydrogen-bond acceptors (Lipinski definition) is 3. The molecule has 4 nitrogen and oxygen atoms in total. The van der Waals surface area contributed by atoms with E-state index in [1.807, 2.05) is 30.3 Å². The number of carbonyl (C=O) groups is 1. The summed E-state index contributed by atoms with van der Waals surface area (Å²) in [5.74, 6) is 0.645. The minimum Gasteiger partial charge on any atom is -0.478 e. The van der Waals surface area contributed by atoms with Gasteiger partial charge in [0, 0.05) is 20.2 Å². The van der Waals surface area contributed by atoms with Crippen LogP contribution in [0, 0.1) is 0 Å². The predicted octanol–water partition coefficient (Wildman–Crippen LogP) is 5.78. The second-order valence-electron chi connectivity index (χ2n) is 5.13. The largest absolute Gasteiger partial charge is 0.478 e. The molecule has 0 aliphatic rings. The quantitative estimate of drug-likeness (QED) is 0.517. The summed E-state index contributed by atoms with van der Waals surface area (Å²) in [5.41, 5.74) is 2.08. The number of halogens is 2. The van der Waals surface area contributed by atoms with Gasteiger partial charge in [-0.25, -0.2) is 4.79 Å². The summed E-state index contributed by atoms with van der Waals surface area (Å²) in [5, 5.41) is 12.1. The summed E-state index contributed by atoms with van der Waals surface area (Å²) in [6.07, 6.45) is 0. The lowest BCUT2D eigenvalue weighted by atomic mass is 10.2. The Hall–Kier alpha value is -2.05. The first kappa shape index (κ1) is 16.8. The lowest BCUT2D eigenvalue weighted by Gasteiger charge is -2.05. The number of rotatable bonds is 5. The number of nitrogens with one attached hydrogen (secondary N) is 1. The zero-order valence-corrected chi connectivity index (χ0v) is 15.6. The second-order valence-corrected chi connectivity index (χ2v) is 6.90.